The number of rotatable bonds is 3. The molecule has 0 atom stereocenters. The summed E-state index contributed by atoms with van der Waals surface area (Å²) in [5.41, 5.74) is 1.95. The maximum absolute atomic E-state index is 12.7. The summed E-state index contributed by atoms with van der Waals surface area (Å²) in [6.07, 6.45) is 2.36. The quantitative estimate of drug-likeness (QED) is 0.907. The summed E-state index contributed by atoms with van der Waals surface area (Å²) < 4.78 is 0. The number of carbonyl (C=O) groups is 2. The number of piperidine rings is 1. The minimum Gasteiger partial charge on any atom is -0.338 e. The summed E-state index contributed by atoms with van der Waals surface area (Å²) >= 11 is 0. The molecule has 2 aliphatic heterocycles. The minimum atomic E-state index is -0.0567. The van der Waals surface area contributed by atoms with E-state index in [-0.39, 0.29) is 11.5 Å². The number of likely N-dealkylation sites (tertiary alicyclic amines) is 1. The molecule has 4 rings (SSSR count). The number of hydrogen-bond acceptors (Lipinski definition) is 4. The molecule has 6 heteroatoms. The SMILES string of the molecule is O=C1CCN(CCC(=O)N2CCc3[nH]c(=O)c4ccccc4c3C2)CC1. The highest BCUT2D eigenvalue weighted by Gasteiger charge is 2.24. The van der Waals surface area contributed by atoms with Crippen molar-refractivity contribution < 1.29 is 9.59 Å². The number of H-pyrrole nitrogens is 1. The Morgan fingerprint density at radius 2 is 1.73 bits per heavy atom. The van der Waals surface area contributed by atoms with Gasteiger partial charge in [-0.25, -0.2) is 0 Å². The highest BCUT2D eigenvalue weighted by atomic mass is 16.2. The standard InChI is InChI=1S/C20H23N3O3/c24-14-5-9-22(10-6-14)11-8-19(25)23-12-7-18-17(13-23)15-3-1-2-4-16(15)20(26)21-18/h1-4H,5-13H2,(H,21,26). The fraction of sp³-hybridized carbons (Fsp3) is 0.450. The average molecular weight is 353 g/mol. The smallest absolute Gasteiger partial charge is 0.256 e. The van der Waals surface area contributed by atoms with Crippen molar-refractivity contribution in [3.8, 4) is 0 Å². The summed E-state index contributed by atoms with van der Waals surface area (Å²) in [5, 5.41) is 1.62. The van der Waals surface area contributed by atoms with Crippen molar-refractivity contribution in [2.24, 2.45) is 0 Å². The maximum Gasteiger partial charge on any atom is 0.256 e. The van der Waals surface area contributed by atoms with Crippen LogP contribution in [0.15, 0.2) is 29.1 Å². The summed E-state index contributed by atoms with van der Waals surface area (Å²) in [4.78, 5) is 43.3. The predicted molar refractivity (Wildman–Crippen MR) is 99.0 cm³/mol. The Morgan fingerprint density at radius 3 is 2.50 bits per heavy atom. The van der Waals surface area contributed by atoms with Gasteiger partial charge < -0.3 is 14.8 Å². The number of nitrogens with zero attached hydrogens (tertiary/aromatic N) is 2. The number of pyridine rings is 1. The second kappa shape index (κ2) is 7.03. The Morgan fingerprint density at radius 1 is 1.00 bits per heavy atom. The van der Waals surface area contributed by atoms with Crippen molar-refractivity contribution in [3.63, 3.8) is 0 Å². The first kappa shape index (κ1) is 17.0. The van der Waals surface area contributed by atoms with Gasteiger partial charge in [-0.1, -0.05) is 18.2 Å². The number of aromatic nitrogens is 1. The van der Waals surface area contributed by atoms with Crippen LogP contribution in [0.2, 0.25) is 0 Å². The molecule has 1 aromatic carbocycles. The summed E-state index contributed by atoms with van der Waals surface area (Å²) in [5.74, 6) is 0.462. The van der Waals surface area contributed by atoms with Crippen molar-refractivity contribution in [1.29, 1.82) is 0 Å². The zero-order valence-corrected chi connectivity index (χ0v) is 14.8. The molecule has 0 radical (unpaired) electrons. The van der Waals surface area contributed by atoms with Gasteiger partial charge in [0.15, 0.2) is 0 Å². The van der Waals surface area contributed by atoms with Crippen LogP contribution in [0.4, 0.5) is 0 Å². The fourth-order valence-corrected chi connectivity index (χ4v) is 3.95. The topological polar surface area (TPSA) is 73.5 Å². The first-order valence-corrected chi connectivity index (χ1v) is 9.26. The molecule has 2 aliphatic rings. The molecule has 0 unspecified atom stereocenters. The molecule has 6 nitrogen and oxygen atoms in total. The first-order chi connectivity index (χ1) is 12.6. The van der Waals surface area contributed by atoms with E-state index in [9.17, 15) is 14.4 Å². The average Bonchev–Trinajstić information content (AvgIpc) is 2.67. The van der Waals surface area contributed by atoms with E-state index in [4.69, 9.17) is 0 Å². The monoisotopic (exact) mass is 353 g/mol. The lowest BCUT2D eigenvalue weighted by molar-refractivity contribution is -0.132. The van der Waals surface area contributed by atoms with E-state index in [0.717, 1.165) is 29.7 Å². The zero-order chi connectivity index (χ0) is 18.1. The minimum absolute atomic E-state index is 0.0567. The van der Waals surface area contributed by atoms with Crippen molar-refractivity contribution in [3.05, 3.63) is 45.9 Å². The third kappa shape index (κ3) is 3.29. The summed E-state index contributed by atoms with van der Waals surface area (Å²) in [6, 6.07) is 7.58. The molecule has 1 N–H and O–H groups in total. The molecule has 0 bridgehead atoms. The van der Waals surface area contributed by atoms with Gasteiger partial charge in [0, 0.05) is 69.5 Å². The van der Waals surface area contributed by atoms with Crippen LogP contribution in [0.25, 0.3) is 10.8 Å². The van der Waals surface area contributed by atoms with Gasteiger partial charge in [0.1, 0.15) is 5.78 Å². The van der Waals surface area contributed by atoms with Crippen LogP contribution < -0.4 is 5.56 Å². The number of amides is 1. The van der Waals surface area contributed by atoms with Crippen molar-refractivity contribution >= 4 is 22.5 Å². The van der Waals surface area contributed by atoms with Gasteiger partial charge in [-0.2, -0.15) is 0 Å². The van der Waals surface area contributed by atoms with Crippen LogP contribution in [-0.2, 0) is 22.6 Å². The Labute approximate surface area is 151 Å². The van der Waals surface area contributed by atoms with Crippen molar-refractivity contribution in [2.75, 3.05) is 26.2 Å². The molecule has 136 valence electrons. The molecule has 1 amide bonds. The van der Waals surface area contributed by atoms with Gasteiger partial charge in [0.25, 0.3) is 5.56 Å². The van der Waals surface area contributed by atoms with Crippen LogP contribution in [0, 0.1) is 0 Å². The number of ketones is 1. The van der Waals surface area contributed by atoms with Gasteiger partial charge in [-0.15, -0.1) is 0 Å². The van der Waals surface area contributed by atoms with Gasteiger partial charge in [-0.3, -0.25) is 14.4 Å². The lowest BCUT2D eigenvalue weighted by Crippen LogP contribution is -2.40. The normalized spacial score (nSPS) is 18.2. The predicted octanol–water partition coefficient (Wildman–Crippen LogP) is 1.47. The molecular weight excluding hydrogens is 330 g/mol. The van der Waals surface area contributed by atoms with Crippen LogP contribution >= 0.6 is 0 Å². The number of aromatic amines is 1. The Bertz CT molecular complexity index is 908. The Hall–Kier alpha value is -2.47. The van der Waals surface area contributed by atoms with Crippen molar-refractivity contribution in [1.82, 2.24) is 14.8 Å². The van der Waals surface area contributed by atoms with Crippen LogP contribution in [0.1, 0.15) is 30.5 Å². The molecule has 0 aliphatic carbocycles. The third-order valence-electron chi connectivity index (χ3n) is 5.51. The number of carbonyl (C=O) groups excluding carboxylic acids is 2. The van der Waals surface area contributed by atoms with Crippen LogP contribution in [0.3, 0.4) is 0 Å². The highest BCUT2D eigenvalue weighted by molar-refractivity contribution is 5.86. The lowest BCUT2D eigenvalue weighted by Gasteiger charge is -2.31. The summed E-state index contributed by atoms with van der Waals surface area (Å²) in [6.45, 7) is 3.42. The number of benzene rings is 1. The Balaban J connectivity index is 1.46. The number of hydrogen-bond donors (Lipinski definition) is 1. The molecule has 3 heterocycles. The molecule has 1 aromatic heterocycles. The molecule has 0 spiro atoms. The third-order valence-corrected chi connectivity index (χ3v) is 5.51. The van der Waals surface area contributed by atoms with E-state index < -0.39 is 0 Å². The first-order valence-electron chi connectivity index (χ1n) is 9.26. The second-order valence-corrected chi connectivity index (χ2v) is 7.15. The number of nitrogens with one attached hydrogen (secondary N) is 1. The fourth-order valence-electron chi connectivity index (χ4n) is 3.95. The van der Waals surface area contributed by atoms with Gasteiger partial charge in [0.05, 0.1) is 0 Å². The van der Waals surface area contributed by atoms with E-state index in [2.05, 4.69) is 9.88 Å². The van der Waals surface area contributed by atoms with E-state index in [1.54, 1.807) is 0 Å². The van der Waals surface area contributed by atoms with Crippen LogP contribution in [-0.4, -0.2) is 52.7 Å². The molecular formula is C20H23N3O3. The van der Waals surface area contributed by atoms with Gasteiger partial charge in [-0.05, 0) is 17.0 Å². The van der Waals surface area contributed by atoms with E-state index in [1.165, 1.54) is 0 Å². The number of Topliss-reactive ketones (excluding diaryl/α,β-unsaturated/α-hetero) is 1. The highest BCUT2D eigenvalue weighted by Crippen LogP contribution is 2.24. The maximum atomic E-state index is 12.7. The van der Waals surface area contributed by atoms with Crippen molar-refractivity contribution in [2.45, 2.75) is 32.2 Å². The zero-order valence-electron chi connectivity index (χ0n) is 14.8. The summed E-state index contributed by atoms with van der Waals surface area (Å²) in [7, 11) is 0. The Kier molecular flexibility index (Phi) is 4.59. The second-order valence-electron chi connectivity index (χ2n) is 7.15. The van der Waals surface area contributed by atoms with Gasteiger partial charge in [0.2, 0.25) is 5.91 Å². The molecule has 0 saturated carbocycles. The molecule has 26 heavy (non-hydrogen) atoms. The molecule has 2 aromatic rings. The van der Waals surface area contributed by atoms with E-state index >= 15 is 0 Å². The molecule has 1 fully saturated rings. The lowest BCUT2D eigenvalue weighted by atomic mass is 9.98. The van der Waals surface area contributed by atoms with Crippen LogP contribution in [0.5, 0.6) is 0 Å². The van der Waals surface area contributed by atoms with E-state index in [0.29, 0.717) is 56.5 Å². The van der Waals surface area contributed by atoms with E-state index in [1.807, 2.05) is 29.2 Å². The van der Waals surface area contributed by atoms with Gasteiger partial charge >= 0.3 is 0 Å². The largest absolute Gasteiger partial charge is 0.338 e. The number of fused-ring (bicyclic) bond motifs is 3. The molecule has 1 saturated heterocycles.